The molecular weight excluding hydrogens is 175 g/mol. The van der Waals surface area contributed by atoms with Crippen molar-refractivity contribution in [3.8, 4) is 0 Å². The molecule has 0 aromatic carbocycles. The predicted molar refractivity (Wildman–Crippen MR) is 19.2 cm³/mol. The Morgan fingerprint density at radius 1 is 1.14 bits per heavy atom. The summed E-state index contributed by atoms with van der Waals surface area (Å²) < 4.78 is 31.6. The van der Waals surface area contributed by atoms with Crippen molar-refractivity contribution in [2.75, 3.05) is 0 Å². The van der Waals surface area contributed by atoms with Crippen molar-refractivity contribution in [3.63, 3.8) is 0 Å². The summed E-state index contributed by atoms with van der Waals surface area (Å²) in [6.45, 7) is 0. The molecule has 0 bridgehead atoms. The Balaban J connectivity index is -0.0000000800. The van der Waals surface area contributed by atoms with E-state index in [0.29, 0.717) is 0 Å². The topological polar surface area (TPSA) is 110 Å². The molecule has 0 rings (SSSR count). The molecule has 0 saturated heterocycles. The Hall–Kier alpha value is 0.453. The fraction of sp³-hybridized carbons (Fsp3) is 0. The van der Waals surface area contributed by atoms with Crippen LogP contribution in [0.2, 0.25) is 0 Å². The van der Waals surface area contributed by atoms with Crippen molar-refractivity contribution in [3.05, 3.63) is 0 Å². The molecule has 42 valence electrons. The van der Waals surface area contributed by atoms with Crippen LogP contribution in [0.4, 0.5) is 0 Å². The molecule has 0 aromatic rings. The van der Waals surface area contributed by atoms with Gasteiger partial charge < -0.3 is 6.15 Å². The Labute approximate surface area is 54.0 Å². The number of rotatable bonds is 0. The summed E-state index contributed by atoms with van der Waals surface area (Å²) in [7, 11) is -4.67. The predicted octanol–water partition coefficient (Wildman–Crippen LogP) is -0.493. The normalized spacial score (nSPS) is 8.29. The first-order valence-electron chi connectivity index (χ1n) is 0.698. The molecule has 0 saturated carbocycles. The Kier molecular flexibility index (Phi) is 10.3. The summed E-state index contributed by atoms with van der Waals surface area (Å²) in [5.74, 6) is 0. The molecule has 0 aromatic heterocycles. The zero-order chi connectivity index (χ0) is 4.50. The van der Waals surface area contributed by atoms with Crippen molar-refractivity contribution in [1.29, 1.82) is 0 Å². The van der Waals surface area contributed by atoms with Gasteiger partial charge in [0.2, 0.25) is 0 Å². The SMILES string of the molecule is N.O=S(=O)(O)O.[Zn]. The molecule has 5 N–H and O–H groups in total. The maximum atomic E-state index is 8.74. The molecule has 0 fully saturated rings. The molecule has 5 nitrogen and oxygen atoms in total. The van der Waals surface area contributed by atoms with Gasteiger partial charge >= 0.3 is 10.4 Å². The van der Waals surface area contributed by atoms with Crippen LogP contribution >= 0.6 is 0 Å². The summed E-state index contributed by atoms with van der Waals surface area (Å²) in [4.78, 5) is 0. The van der Waals surface area contributed by atoms with Crippen LogP contribution in [0.5, 0.6) is 0 Å². The first-order valence-corrected chi connectivity index (χ1v) is 2.10. The second-order valence-electron chi connectivity index (χ2n) is 0.448. The summed E-state index contributed by atoms with van der Waals surface area (Å²) in [5.41, 5.74) is 0. The van der Waals surface area contributed by atoms with Gasteiger partial charge in [0.15, 0.2) is 0 Å². The van der Waals surface area contributed by atoms with Gasteiger partial charge in [0.1, 0.15) is 0 Å². The van der Waals surface area contributed by atoms with Crippen LogP contribution in [-0.4, -0.2) is 17.5 Å². The summed E-state index contributed by atoms with van der Waals surface area (Å²) >= 11 is 0. The molecule has 7 heavy (non-hydrogen) atoms. The minimum absolute atomic E-state index is 0. The summed E-state index contributed by atoms with van der Waals surface area (Å²) in [6, 6.07) is 0. The zero-order valence-electron chi connectivity index (χ0n) is 3.53. The van der Waals surface area contributed by atoms with Gasteiger partial charge in [0.25, 0.3) is 0 Å². The van der Waals surface area contributed by atoms with Gasteiger partial charge in [-0.1, -0.05) is 0 Å². The van der Waals surface area contributed by atoms with Crippen molar-refractivity contribution in [2.45, 2.75) is 0 Å². The van der Waals surface area contributed by atoms with Crippen molar-refractivity contribution >= 4 is 10.4 Å². The fourth-order valence-corrected chi connectivity index (χ4v) is 0. The second kappa shape index (κ2) is 4.61. The second-order valence-corrected chi connectivity index (χ2v) is 1.34. The van der Waals surface area contributed by atoms with Gasteiger partial charge in [-0.05, 0) is 0 Å². The zero-order valence-corrected chi connectivity index (χ0v) is 7.32. The van der Waals surface area contributed by atoms with E-state index >= 15 is 0 Å². The maximum Gasteiger partial charge on any atom is 0.394 e. The van der Waals surface area contributed by atoms with E-state index in [2.05, 4.69) is 0 Å². The Morgan fingerprint density at radius 2 is 1.14 bits per heavy atom. The molecular formula is H5NO4SZn. The van der Waals surface area contributed by atoms with Gasteiger partial charge in [0, 0.05) is 19.5 Å². The van der Waals surface area contributed by atoms with Gasteiger partial charge in [0.05, 0.1) is 0 Å². The largest absolute Gasteiger partial charge is 0.394 e. The maximum absolute atomic E-state index is 8.74. The summed E-state index contributed by atoms with van der Waals surface area (Å²) in [5, 5.41) is 0. The van der Waals surface area contributed by atoms with Gasteiger partial charge in [-0.2, -0.15) is 8.42 Å². The fourth-order valence-electron chi connectivity index (χ4n) is 0. The van der Waals surface area contributed by atoms with E-state index in [9.17, 15) is 0 Å². The van der Waals surface area contributed by atoms with Crippen LogP contribution in [0.25, 0.3) is 0 Å². The molecule has 0 amide bonds. The third kappa shape index (κ3) is 623. The van der Waals surface area contributed by atoms with E-state index in [1.54, 1.807) is 0 Å². The first kappa shape index (κ1) is 15.7. The number of hydrogen-bond acceptors (Lipinski definition) is 3. The third-order valence-corrected chi connectivity index (χ3v) is 0. The van der Waals surface area contributed by atoms with Gasteiger partial charge in [-0.25, -0.2) is 0 Å². The number of hydrogen-bond donors (Lipinski definition) is 3. The first-order chi connectivity index (χ1) is 2.00. The van der Waals surface area contributed by atoms with Crippen molar-refractivity contribution in [1.82, 2.24) is 6.15 Å². The molecule has 0 spiro atoms. The molecule has 0 aliphatic heterocycles. The van der Waals surface area contributed by atoms with Gasteiger partial charge in [-0.15, -0.1) is 0 Å². The van der Waals surface area contributed by atoms with Crippen LogP contribution in [0, 0.1) is 0 Å². The van der Waals surface area contributed by atoms with E-state index in [-0.39, 0.29) is 25.6 Å². The molecule has 0 aliphatic rings. The minimum atomic E-state index is -4.67. The van der Waals surface area contributed by atoms with E-state index in [0.717, 1.165) is 0 Å². The molecule has 0 heterocycles. The van der Waals surface area contributed by atoms with Crippen LogP contribution < -0.4 is 6.15 Å². The van der Waals surface area contributed by atoms with E-state index in [1.807, 2.05) is 0 Å². The molecule has 0 atom stereocenters. The smallest absolute Gasteiger partial charge is 0.344 e. The molecule has 0 radical (unpaired) electrons. The van der Waals surface area contributed by atoms with Crippen LogP contribution in [0.3, 0.4) is 0 Å². The minimum Gasteiger partial charge on any atom is -0.344 e. The molecule has 0 aliphatic carbocycles. The van der Waals surface area contributed by atoms with Crippen molar-refractivity contribution in [2.24, 2.45) is 0 Å². The van der Waals surface area contributed by atoms with Crippen molar-refractivity contribution < 1.29 is 37.0 Å². The molecule has 0 unspecified atom stereocenters. The van der Waals surface area contributed by atoms with E-state index < -0.39 is 10.4 Å². The average molecular weight is 180 g/mol. The Bertz CT molecular complexity index is 94.9. The Morgan fingerprint density at radius 3 is 1.14 bits per heavy atom. The monoisotopic (exact) mass is 179 g/mol. The van der Waals surface area contributed by atoms with Gasteiger partial charge in [-0.3, -0.25) is 9.11 Å². The molecule has 7 heteroatoms. The quantitative estimate of drug-likeness (QED) is 0.344. The van der Waals surface area contributed by atoms with Crippen LogP contribution in [0.1, 0.15) is 0 Å². The van der Waals surface area contributed by atoms with E-state index in [4.69, 9.17) is 17.5 Å². The van der Waals surface area contributed by atoms with Crippen LogP contribution in [-0.2, 0) is 29.9 Å². The standard InChI is InChI=1S/H3N.H2O4S.Zn/c;1-5(2,3)4;/h1H3;(H2,1,2,3,4);. The van der Waals surface area contributed by atoms with E-state index in [1.165, 1.54) is 0 Å². The summed E-state index contributed by atoms with van der Waals surface area (Å²) in [6.07, 6.45) is 0. The van der Waals surface area contributed by atoms with Crippen LogP contribution in [0.15, 0.2) is 0 Å². The average Bonchev–Trinajstić information content (AvgIpc) is 0.722. The third-order valence-electron chi connectivity index (χ3n) is 0.